The second-order valence-corrected chi connectivity index (χ2v) is 4.39. The fourth-order valence-electron chi connectivity index (χ4n) is 0.982. The third-order valence-corrected chi connectivity index (χ3v) is 2.42. The summed E-state index contributed by atoms with van der Waals surface area (Å²) in [7, 11) is 0. The Morgan fingerprint density at radius 3 is 2.53 bits per heavy atom. The van der Waals surface area contributed by atoms with Gasteiger partial charge in [0.2, 0.25) is 0 Å². The van der Waals surface area contributed by atoms with Gasteiger partial charge >= 0.3 is 0 Å². The third-order valence-electron chi connectivity index (χ3n) is 2.42. The highest BCUT2D eigenvalue weighted by Gasteiger charge is 2.21. The van der Waals surface area contributed by atoms with Crippen LogP contribution in [0.5, 0.6) is 0 Å². The van der Waals surface area contributed by atoms with E-state index < -0.39 is 0 Å². The van der Waals surface area contributed by atoms with Gasteiger partial charge in [-0.3, -0.25) is 5.41 Å². The van der Waals surface area contributed by atoms with E-state index in [-0.39, 0.29) is 17.4 Å². The van der Waals surface area contributed by atoms with Crippen LogP contribution in [0.15, 0.2) is 0 Å². The van der Waals surface area contributed by atoms with Gasteiger partial charge in [0.1, 0.15) is 0 Å². The molecule has 0 fully saturated rings. The average Bonchev–Trinajstić information content (AvgIpc) is 2.14. The summed E-state index contributed by atoms with van der Waals surface area (Å²) in [5, 5.41) is 7.39. The second kappa shape index (κ2) is 6.80. The number of nitrogens with two attached hydrogens (primary N) is 1. The van der Waals surface area contributed by atoms with Crippen LogP contribution in [0.1, 0.15) is 34.1 Å². The van der Waals surface area contributed by atoms with Crippen molar-refractivity contribution in [1.82, 2.24) is 0 Å². The monoisotopic (exact) mass is 216 g/mol. The van der Waals surface area contributed by atoms with Crippen LogP contribution in [0.2, 0.25) is 0 Å². The molecule has 0 amide bonds. The van der Waals surface area contributed by atoms with Gasteiger partial charge < -0.3 is 15.2 Å². The quantitative estimate of drug-likeness (QED) is 0.480. The van der Waals surface area contributed by atoms with E-state index in [1.807, 2.05) is 27.7 Å². The number of hydrogen-bond acceptors (Lipinski definition) is 3. The van der Waals surface area contributed by atoms with Gasteiger partial charge in [0.15, 0.2) is 0 Å². The SMILES string of the molecule is CCOCC(C)OCCC(C)(C)C(=N)N. The second-order valence-electron chi connectivity index (χ2n) is 4.39. The highest BCUT2D eigenvalue weighted by Crippen LogP contribution is 2.19. The Bertz CT molecular complexity index is 193. The van der Waals surface area contributed by atoms with E-state index in [1.54, 1.807) is 0 Å². The van der Waals surface area contributed by atoms with Gasteiger partial charge in [-0.15, -0.1) is 0 Å². The molecular weight excluding hydrogens is 192 g/mol. The maximum atomic E-state index is 7.39. The Labute approximate surface area is 92.6 Å². The summed E-state index contributed by atoms with van der Waals surface area (Å²) in [6, 6.07) is 0. The van der Waals surface area contributed by atoms with E-state index in [9.17, 15) is 0 Å². The van der Waals surface area contributed by atoms with Gasteiger partial charge in [-0.1, -0.05) is 13.8 Å². The van der Waals surface area contributed by atoms with E-state index >= 15 is 0 Å². The van der Waals surface area contributed by atoms with Crippen LogP contribution in [0, 0.1) is 10.8 Å². The predicted molar refractivity (Wildman–Crippen MR) is 62.2 cm³/mol. The first-order valence-corrected chi connectivity index (χ1v) is 5.44. The topological polar surface area (TPSA) is 68.3 Å². The highest BCUT2D eigenvalue weighted by molar-refractivity contribution is 5.82. The summed E-state index contributed by atoms with van der Waals surface area (Å²) in [6.45, 7) is 9.80. The lowest BCUT2D eigenvalue weighted by molar-refractivity contribution is -0.00885. The molecule has 0 radical (unpaired) electrons. The van der Waals surface area contributed by atoms with Gasteiger partial charge in [0.05, 0.1) is 18.5 Å². The highest BCUT2D eigenvalue weighted by atomic mass is 16.5. The molecule has 0 aliphatic rings. The minimum absolute atomic E-state index is 0.104. The summed E-state index contributed by atoms with van der Waals surface area (Å²) in [5.41, 5.74) is 5.20. The molecule has 0 aromatic heterocycles. The van der Waals surface area contributed by atoms with Crippen LogP contribution in [0.3, 0.4) is 0 Å². The Kier molecular flexibility index (Phi) is 6.52. The molecule has 15 heavy (non-hydrogen) atoms. The zero-order valence-corrected chi connectivity index (χ0v) is 10.3. The third kappa shape index (κ3) is 6.47. The zero-order valence-electron chi connectivity index (χ0n) is 10.3. The lowest BCUT2D eigenvalue weighted by Gasteiger charge is -2.23. The number of amidine groups is 1. The van der Waals surface area contributed by atoms with Crippen molar-refractivity contribution in [2.24, 2.45) is 11.1 Å². The van der Waals surface area contributed by atoms with Crippen molar-refractivity contribution in [1.29, 1.82) is 5.41 Å². The Hall–Kier alpha value is -0.610. The van der Waals surface area contributed by atoms with E-state index in [4.69, 9.17) is 20.6 Å². The zero-order chi connectivity index (χ0) is 11.9. The van der Waals surface area contributed by atoms with Gasteiger partial charge in [0.25, 0.3) is 0 Å². The number of hydrogen-bond donors (Lipinski definition) is 2. The Balaban J connectivity index is 3.65. The molecule has 0 saturated heterocycles. The summed E-state index contributed by atoms with van der Waals surface area (Å²) < 4.78 is 10.8. The molecule has 0 aliphatic heterocycles. The summed E-state index contributed by atoms with van der Waals surface area (Å²) in [6.07, 6.45) is 0.867. The molecule has 1 unspecified atom stereocenters. The van der Waals surface area contributed by atoms with E-state index in [2.05, 4.69) is 0 Å². The normalized spacial score (nSPS) is 13.9. The van der Waals surface area contributed by atoms with Crippen molar-refractivity contribution >= 4 is 5.84 Å². The summed E-state index contributed by atoms with van der Waals surface area (Å²) in [5.74, 6) is 0.212. The molecule has 0 rings (SSSR count). The molecule has 4 nitrogen and oxygen atoms in total. The van der Waals surface area contributed by atoms with E-state index in [1.165, 1.54) is 0 Å². The molecule has 0 aromatic carbocycles. The first-order chi connectivity index (χ1) is 6.90. The maximum absolute atomic E-state index is 7.39. The van der Waals surface area contributed by atoms with Crippen LogP contribution in [-0.4, -0.2) is 31.8 Å². The lowest BCUT2D eigenvalue weighted by atomic mass is 9.88. The first kappa shape index (κ1) is 14.4. The minimum Gasteiger partial charge on any atom is -0.387 e. The number of rotatable bonds is 8. The largest absolute Gasteiger partial charge is 0.387 e. The fourth-order valence-corrected chi connectivity index (χ4v) is 0.982. The molecule has 3 N–H and O–H groups in total. The van der Waals surface area contributed by atoms with Crippen LogP contribution in [0.4, 0.5) is 0 Å². The van der Waals surface area contributed by atoms with Crippen molar-refractivity contribution in [3.05, 3.63) is 0 Å². The maximum Gasteiger partial charge on any atom is 0.0963 e. The molecule has 0 spiro atoms. The van der Waals surface area contributed by atoms with E-state index in [0.717, 1.165) is 6.42 Å². The molecule has 0 saturated carbocycles. The average molecular weight is 216 g/mol. The Morgan fingerprint density at radius 2 is 2.07 bits per heavy atom. The fraction of sp³-hybridized carbons (Fsp3) is 0.909. The first-order valence-electron chi connectivity index (χ1n) is 5.44. The number of ether oxygens (including phenoxy) is 2. The van der Waals surface area contributed by atoms with Crippen molar-refractivity contribution < 1.29 is 9.47 Å². The molecule has 4 heteroatoms. The molecule has 0 heterocycles. The van der Waals surface area contributed by atoms with Crippen LogP contribution in [-0.2, 0) is 9.47 Å². The molecule has 0 aliphatic carbocycles. The minimum atomic E-state index is -0.272. The van der Waals surface area contributed by atoms with Crippen LogP contribution < -0.4 is 5.73 Å². The predicted octanol–water partition coefficient (Wildman–Crippen LogP) is 1.78. The smallest absolute Gasteiger partial charge is 0.0963 e. The van der Waals surface area contributed by atoms with Gasteiger partial charge in [-0.2, -0.15) is 0 Å². The van der Waals surface area contributed by atoms with E-state index in [0.29, 0.717) is 19.8 Å². The summed E-state index contributed by atoms with van der Waals surface area (Å²) >= 11 is 0. The molecule has 0 aromatic rings. The summed E-state index contributed by atoms with van der Waals surface area (Å²) in [4.78, 5) is 0. The number of nitrogens with one attached hydrogen (secondary N) is 1. The Morgan fingerprint density at radius 1 is 1.47 bits per heavy atom. The van der Waals surface area contributed by atoms with Crippen molar-refractivity contribution in [2.75, 3.05) is 19.8 Å². The van der Waals surface area contributed by atoms with Crippen LogP contribution in [0.25, 0.3) is 0 Å². The lowest BCUT2D eigenvalue weighted by Crippen LogP contribution is -2.32. The van der Waals surface area contributed by atoms with Gasteiger partial charge in [-0.05, 0) is 20.3 Å². The van der Waals surface area contributed by atoms with Gasteiger partial charge in [0, 0.05) is 18.6 Å². The standard InChI is InChI=1S/C11H24N2O2/c1-5-14-8-9(2)15-7-6-11(3,4)10(12)13/h9H,5-8H2,1-4H3,(H3,12,13). The van der Waals surface area contributed by atoms with Crippen molar-refractivity contribution in [3.63, 3.8) is 0 Å². The van der Waals surface area contributed by atoms with Gasteiger partial charge in [-0.25, -0.2) is 0 Å². The molecule has 90 valence electrons. The molecule has 0 bridgehead atoms. The van der Waals surface area contributed by atoms with Crippen molar-refractivity contribution in [3.8, 4) is 0 Å². The van der Waals surface area contributed by atoms with Crippen molar-refractivity contribution in [2.45, 2.75) is 40.2 Å². The molecule has 1 atom stereocenters. The molecular formula is C11H24N2O2. The van der Waals surface area contributed by atoms with Crippen LogP contribution >= 0.6 is 0 Å².